The lowest BCUT2D eigenvalue weighted by atomic mass is 10.2. The molecule has 0 fully saturated rings. The maximum absolute atomic E-state index is 12.2. The molecule has 1 N–H and O–H groups in total. The van der Waals surface area contributed by atoms with Crippen molar-refractivity contribution in [2.75, 3.05) is 12.4 Å². The van der Waals surface area contributed by atoms with Gasteiger partial charge in [0.25, 0.3) is 0 Å². The number of carbonyl (C=O) groups excluding carboxylic acids is 2. The Morgan fingerprint density at radius 2 is 2.00 bits per heavy atom. The molecule has 1 amide bonds. The van der Waals surface area contributed by atoms with Crippen molar-refractivity contribution in [3.63, 3.8) is 0 Å². The lowest BCUT2D eigenvalue weighted by molar-refractivity contribution is -0.116. The van der Waals surface area contributed by atoms with E-state index in [0.717, 1.165) is 4.47 Å². The number of nitrogens with one attached hydrogen (secondary N) is 1. The molecule has 0 aliphatic heterocycles. The summed E-state index contributed by atoms with van der Waals surface area (Å²) >= 11 is 3.34. The van der Waals surface area contributed by atoms with Crippen LogP contribution in [0, 0.1) is 0 Å². The van der Waals surface area contributed by atoms with Gasteiger partial charge in [-0.1, -0.05) is 12.1 Å². The standard InChI is InChI=1S/C17H13BrN2O5/c1-24-16(22)10-6-7-13-14(8-10)25-17(23)20(13)9-15(21)19-12-5-3-2-4-11(12)18/h2-8H,9H2,1H3,(H,19,21). The number of ether oxygens (including phenoxy) is 1. The molecule has 3 aromatic rings. The minimum absolute atomic E-state index is 0.210. The van der Waals surface area contributed by atoms with Crippen molar-refractivity contribution in [1.29, 1.82) is 0 Å². The molecule has 0 aliphatic rings. The lowest BCUT2D eigenvalue weighted by Gasteiger charge is -2.07. The maximum Gasteiger partial charge on any atom is 0.420 e. The van der Waals surface area contributed by atoms with Gasteiger partial charge in [-0.2, -0.15) is 0 Å². The van der Waals surface area contributed by atoms with Gasteiger partial charge in [-0.25, -0.2) is 9.59 Å². The van der Waals surface area contributed by atoms with Crippen LogP contribution in [0.5, 0.6) is 0 Å². The number of para-hydroxylation sites is 1. The van der Waals surface area contributed by atoms with E-state index in [1.54, 1.807) is 18.2 Å². The quantitative estimate of drug-likeness (QED) is 0.675. The van der Waals surface area contributed by atoms with Crippen LogP contribution in [0.1, 0.15) is 10.4 Å². The van der Waals surface area contributed by atoms with Crippen LogP contribution in [0.3, 0.4) is 0 Å². The fourth-order valence-electron chi connectivity index (χ4n) is 2.36. The second-order valence-electron chi connectivity index (χ2n) is 5.16. The Labute approximate surface area is 150 Å². The predicted molar refractivity (Wildman–Crippen MR) is 94.6 cm³/mol. The van der Waals surface area contributed by atoms with Gasteiger partial charge in [-0.3, -0.25) is 9.36 Å². The molecule has 3 rings (SSSR count). The van der Waals surface area contributed by atoms with E-state index < -0.39 is 11.7 Å². The summed E-state index contributed by atoms with van der Waals surface area (Å²) in [4.78, 5) is 35.8. The molecule has 0 saturated heterocycles. The molecule has 0 bridgehead atoms. The zero-order valence-corrected chi connectivity index (χ0v) is 14.7. The van der Waals surface area contributed by atoms with Gasteiger partial charge >= 0.3 is 11.7 Å². The highest BCUT2D eigenvalue weighted by atomic mass is 79.9. The van der Waals surface area contributed by atoms with Crippen LogP contribution in [0.15, 0.2) is 56.1 Å². The number of fused-ring (bicyclic) bond motifs is 1. The number of amides is 1. The highest BCUT2D eigenvalue weighted by Crippen LogP contribution is 2.21. The average Bonchev–Trinajstić information content (AvgIpc) is 2.91. The summed E-state index contributed by atoms with van der Waals surface area (Å²) in [5.74, 6) is -1.60. The third-order valence-electron chi connectivity index (χ3n) is 3.54. The Morgan fingerprint density at radius 3 is 2.72 bits per heavy atom. The zero-order valence-electron chi connectivity index (χ0n) is 13.1. The first kappa shape index (κ1) is 17.0. The Morgan fingerprint density at radius 1 is 1.24 bits per heavy atom. The van der Waals surface area contributed by atoms with E-state index in [4.69, 9.17) is 4.42 Å². The first-order chi connectivity index (χ1) is 12.0. The molecule has 7 nitrogen and oxygen atoms in total. The van der Waals surface area contributed by atoms with E-state index in [-0.39, 0.29) is 23.6 Å². The summed E-state index contributed by atoms with van der Waals surface area (Å²) in [7, 11) is 1.26. The number of halogens is 1. The van der Waals surface area contributed by atoms with Crippen LogP contribution in [0.2, 0.25) is 0 Å². The van der Waals surface area contributed by atoms with Crippen LogP contribution in [0.4, 0.5) is 5.69 Å². The summed E-state index contributed by atoms with van der Waals surface area (Å²) in [6, 6.07) is 11.6. The maximum atomic E-state index is 12.2. The van der Waals surface area contributed by atoms with Crippen molar-refractivity contribution in [2.45, 2.75) is 6.54 Å². The second kappa shape index (κ2) is 6.94. The van der Waals surface area contributed by atoms with Gasteiger partial charge in [0.2, 0.25) is 5.91 Å². The predicted octanol–water partition coefficient (Wildman–Crippen LogP) is 2.78. The summed E-state index contributed by atoms with van der Waals surface area (Å²) in [5.41, 5.74) is 1.48. The van der Waals surface area contributed by atoms with E-state index >= 15 is 0 Å². The first-order valence-electron chi connectivity index (χ1n) is 7.25. The molecule has 0 atom stereocenters. The monoisotopic (exact) mass is 404 g/mol. The molecular weight excluding hydrogens is 392 g/mol. The van der Waals surface area contributed by atoms with Crippen molar-refractivity contribution < 1.29 is 18.7 Å². The van der Waals surface area contributed by atoms with E-state index in [2.05, 4.69) is 26.0 Å². The van der Waals surface area contributed by atoms with Crippen molar-refractivity contribution in [3.8, 4) is 0 Å². The minimum Gasteiger partial charge on any atom is -0.465 e. The SMILES string of the molecule is COC(=O)c1ccc2c(c1)oc(=O)n2CC(=O)Nc1ccccc1Br. The number of hydrogen-bond donors (Lipinski definition) is 1. The van der Waals surface area contributed by atoms with Crippen molar-refractivity contribution in [1.82, 2.24) is 4.57 Å². The number of hydrogen-bond acceptors (Lipinski definition) is 5. The third kappa shape index (κ3) is 3.48. The smallest absolute Gasteiger partial charge is 0.420 e. The number of nitrogens with zero attached hydrogens (tertiary/aromatic N) is 1. The van der Waals surface area contributed by atoms with Crippen LogP contribution < -0.4 is 11.1 Å². The molecule has 25 heavy (non-hydrogen) atoms. The van der Waals surface area contributed by atoms with Crippen molar-refractivity contribution in [3.05, 3.63) is 63.1 Å². The average molecular weight is 405 g/mol. The number of benzene rings is 2. The number of carbonyl (C=O) groups is 2. The molecule has 0 unspecified atom stereocenters. The van der Waals surface area contributed by atoms with E-state index in [0.29, 0.717) is 11.2 Å². The van der Waals surface area contributed by atoms with Crippen LogP contribution >= 0.6 is 15.9 Å². The van der Waals surface area contributed by atoms with Gasteiger partial charge in [0.05, 0.1) is 23.9 Å². The van der Waals surface area contributed by atoms with Gasteiger partial charge in [-0.15, -0.1) is 0 Å². The van der Waals surface area contributed by atoms with E-state index in [9.17, 15) is 14.4 Å². The molecule has 0 spiro atoms. The number of rotatable bonds is 4. The molecule has 1 heterocycles. The summed E-state index contributed by atoms with van der Waals surface area (Å²) in [6.45, 7) is -0.218. The van der Waals surface area contributed by atoms with E-state index in [1.807, 2.05) is 6.07 Å². The van der Waals surface area contributed by atoms with Gasteiger partial charge in [0.15, 0.2) is 5.58 Å². The van der Waals surface area contributed by atoms with Crippen molar-refractivity contribution in [2.24, 2.45) is 0 Å². The van der Waals surface area contributed by atoms with Gasteiger partial charge in [-0.05, 0) is 46.3 Å². The summed E-state index contributed by atoms with van der Waals surface area (Å²) in [6.07, 6.45) is 0. The summed E-state index contributed by atoms with van der Waals surface area (Å²) < 4.78 is 11.7. The van der Waals surface area contributed by atoms with Crippen LogP contribution in [-0.2, 0) is 16.1 Å². The largest absolute Gasteiger partial charge is 0.465 e. The van der Waals surface area contributed by atoms with Gasteiger partial charge < -0.3 is 14.5 Å². The normalized spacial score (nSPS) is 10.6. The highest BCUT2D eigenvalue weighted by Gasteiger charge is 2.15. The molecule has 1 aromatic heterocycles. The number of aromatic nitrogens is 1. The third-order valence-corrected chi connectivity index (χ3v) is 4.23. The first-order valence-corrected chi connectivity index (χ1v) is 8.05. The second-order valence-corrected chi connectivity index (χ2v) is 6.01. The highest BCUT2D eigenvalue weighted by molar-refractivity contribution is 9.10. The molecule has 0 aliphatic carbocycles. The fraction of sp³-hybridized carbons (Fsp3) is 0.118. The Bertz CT molecular complexity index is 1020. The molecule has 0 saturated carbocycles. The Hall–Kier alpha value is -2.87. The molecule has 2 aromatic carbocycles. The Kier molecular flexibility index (Phi) is 4.71. The molecule has 0 radical (unpaired) electrons. The molecule has 8 heteroatoms. The number of anilines is 1. The molecular formula is C17H13BrN2O5. The number of oxazole rings is 1. The lowest BCUT2D eigenvalue weighted by Crippen LogP contribution is -2.24. The van der Waals surface area contributed by atoms with E-state index in [1.165, 1.54) is 29.9 Å². The van der Waals surface area contributed by atoms with Crippen LogP contribution in [0.25, 0.3) is 11.1 Å². The topological polar surface area (TPSA) is 90.5 Å². The number of methoxy groups -OCH3 is 1. The van der Waals surface area contributed by atoms with Gasteiger partial charge in [0, 0.05) is 4.47 Å². The van der Waals surface area contributed by atoms with Crippen LogP contribution in [-0.4, -0.2) is 23.6 Å². The summed E-state index contributed by atoms with van der Waals surface area (Å²) in [5, 5.41) is 2.72. The van der Waals surface area contributed by atoms with Crippen molar-refractivity contribution >= 4 is 44.6 Å². The fourth-order valence-corrected chi connectivity index (χ4v) is 2.74. The Balaban J connectivity index is 1.87. The molecule has 128 valence electrons. The van der Waals surface area contributed by atoms with Gasteiger partial charge in [0.1, 0.15) is 6.54 Å². The number of esters is 1. The minimum atomic E-state index is -0.681. The zero-order chi connectivity index (χ0) is 18.0.